The van der Waals surface area contributed by atoms with E-state index in [1.165, 1.54) is 0 Å². The third-order valence-electron chi connectivity index (χ3n) is 2.17. The number of ether oxygens (including phenoxy) is 1. The van der Waals surface area contributed by atoms with Crippen LogP contribution in [0.5, 0.6) is 0 Å². The number of hydrogen-bond acceptors (Lipinski definition) is 4. The SMILES string of the molecule is CNC1(N)OC(=O)c2ccccc21. The highest BCUT2D eigenvalue weighted by Crippen LogP contribution is 2.29. The molecule has 1 aromatic rings. The molecule has 0 aromatic heterocycles. The molecule has 3 N–H and O–H groups in total. The second-order valence-corrected chi connectivity index (χ2v) is 2.92. The molecule has 0 spiro atoms. The van der Waals surface area contributed by atoms with Gasteiger partial charge in [0.2, 0.25) is 5.85 Å². The number of benzene rings is 1. The van der Waals surface area contributed by atoms with Crippen LogP contribution in [0.1, 0.15) is 15.9 Å². The van der Waals surface area contributed by atoms with Crippen LogP contribution in [0.25, 0.3) is 0 Å². The lowest BCUT2D eigenvalue weighted by Gasteiger charge is -2.22. The Morgan fingerprint density at radius 3 is 2.85 bits per heavy atom. The summed E-state index contributed by atoms with van der Waals surface area (Å²) in [7, 11) is 1.65. The molecule has 0 amide bonds. The zero-order valence-electron chi connectivity index (χ0n) is 7.20. The quantitative estimate of drug-likeness (QED) is 0.474. The van der Waals surface area contributed by atoms with Gasteiger partial charge in [-0.05, 0) is 13.1 Å². The summed E-state index contributed by atoms with van der Waals surface area (Å²) in [6.45, 7) is 0. The van der Waals surface area contributed by atoms with Gasteiger partial charge in [-0.3, -0.25) is 11.1 Å². The van der Waals surface area contributed by atoms with E-state index in [-0.39, 0.29) is 5.97 Å². The second kappa shape index (κ2) is 2.55. The minimum absolute atomic E-state index is 0.382. The predicted octanol–water partition coefficient (Wildman–Crippen LogP) is 0.145. The Morgan fingerprint density at radius 2 is 2.15 bits per heavy atom. The van der Waals surface area contributed by atoms with Gasteiger partial charge >= 0.3 is 5.97 Å². The molecule has 13 heavy (non-hydrogen) atoms. The molecule has 1 unspecified atom stereocenters. The van der Waals surface area contributed by atoms with Crippen molar-refractivity contribution in [2.75, 3.05) is 7.05 Å². The van der Waals surface area contributed by atoms with Crippen LogP contribution in [-0.4, -0.2) is 13.0 Å². The first-order valence-corrected chi connectivity index (χ1v) is 3.98. The zero-order chi connectivity index (χ0) is 9.47. The van der Waals surface area contributed by atoms with Crippen molar-refractivity contribution in [2.24, 2.45) is 5.73 Å². The third-order valence-corrected chi connectivity index (χ3v) is 2.17. The van der Waals surface area contributed by atoms with E-state index in [2.05, 4.69) is 5.32 Å². The van der Waals surface area contributed by atoms with Gasteiger partial charge in [0.1, 0.15) is 0 Å². The largest absolute Gasteiger partial charge is 0.422 e. The maximum atomic E-state index is 11.3. The molecule has 2 rings (SSSR count). The van der Waals surface area contributed by atoms with Crippen molar-refractivity contribution in [2.45, 2.75) is 5.85 Å². The minimum Gasteiger partial charge on any atom is -0.422 e. The van der Waals surface area contributed by atoms with Gasteiger partial charge in [-0.25, -0.2) is 4.79 Å². The summed E-state index contributed by atoms with van der Waals surface area (Å²) in [4.78, 5) is 11.3. The fourth-order valence-corrected chi connectivity index (χ4v) is 1.43. The summed E-state index contributed by atoms with van der Waals surface area (Å²) >= 11 is 0. The highest BCUT2D eigenvalue weighted by Gasteiger charge is 2.40. The monoisotopic (exact) mass is 178 g/mol. The van der Waals surface area contributed by atoms with Crippen LogP contribution in [0.3, 0.4) is 0 Å². The van der Waals surface area contributed by atoms with E-state index in [4.69, 9.17) is 10.5 Å². The van der Waals surface area contributed by atoms with E-state index in [9.17, 15) is 4.79 Å². The Balaban J connectivity index is 2.59. The summed E-state index contributed by atoms with van der Waals surface area (Å²) in [5, 5.41) is 2.76. The first-order chi connectivity index (χ1) is 6.17. The molecular formula is C9H10N2O2. The Labute approximate surface area is 75.7 Å². The number of carbonyl (C=O) groups is 1. The molecule has 0 fully saturated rings. The van der Waals surface area contributed by atoms with E-state index >= 15 is 0 Å². The van der Waals surface area contributed by atoms with E-state index < -0.39 is 5.85 Å². The van der Waals surface area contributed by atoms with Crippen LogP contribution in [0.4, 0.5) is 0 Å². The lowest BCUT2D eigenvalue weighted by Crippen LogP contribution is -2.48. The van der Waals surface area contributed by atoms with Crippen molar-refractivity contribution in [3.63, 3.8) is 0 Å². The van der Waals surface area contributed by atoms with Crippen molar-refractivity contribution in [3.8, 4) is 0 Å². The normalized spacial score (nSPS) is 25.5. The highest BCUT2D eigenvalue weighted by molar-refractivity contribution is 5.94. The second-order valence-electron chi connectivity index (χ2n) is 2.92. The van der Waals surface area contributed by atoms with Gasteiger partial charge in [-0.2, -0.15) is 0 Å². The molecule has 0 radical (unpaired) electrons. The van der Waals surface area contributed by atoms with Crippen LogP contribution in [-0.2, 0) is 10.6 Å². The van der Waals surface area contributed by atoms with Crippen LogP contribution >= 0.6 is 0 Å². The van der Waals surface area contributed by atoms with Crippen LogP contribution < -0.4 is 11.1 Å². The Bertz CT molecular complexity index is 364. The molecule has 0 aliphatic carbocycles. The summed E-state index contributed by atoms with van der Waals surface area (Å²) in [6, 6.07) is 7.07. The number of fused-ring (bicyclic) bond motifs is 1. The van der Waals surface area contributed by atoms with Gasteiger partial charge in [0.15, 0.2) is 0 Å². The third kappa shape index (κ3) is 1.03. The van der Waals surface area contributed by atoms with Crippen molar-refractivity contribution >= 4 is 5.97 Å². The Morgan fingerprint density at radius 1 is 1.46 bits per heavy atom. The zero-order valence-corrected chi connectivity index (χ0v) is 7.20. The number of esters is 1. The molecule has 1 atom stereocenters. The van der Waals surface area contributed by atoms with E-state index in [1.807, 2.05) is 6.07 Å². The van der Waals surface area contributed by atoms with E-state index in [1.54, 1.807) is 25.2 Å². The van der Waals surface area contributed by atoms with Crippen molar-refractivity contribution in [1.82, 2.24) is 5.32 Å². The average Bonchev–Trinajstić information content (AvgIpc) is 2.42. The fraction of sp³-hybridized carbons (Fsp3) is 0.222. The van der Waals surface area contributed by atoms with Crippen LogP contribution in [0, 0.1) is 0 Å². The molecule has 4 nitrogen and oxygen atoms in total. The van der Waals surface area contributed by atoms with Gasteiger partial charge in [0.05, 0.1) is 5.56 Å². The van der Waals surface area contributed by atoms with E-state index in [0.717, 1.165) is 0 Å². The molecular weight excluding hydrogens is 168 g/mol. The van der Waals surface area contributed by atoms with Crippen molar-refractivity contribution in [3.05, 3.63) is 35.4 Å². The summed E-state index contributed by atoms with van der Waals surface area (Å²) < 4.78 is 5.00. The number of nitrogens with one attached hydrogen (secondary N) is 1. The Kier molecular flexibility index (Phi) is 1.61. The lowest BCUT2D eigenvalue weighted by molar-refractivity contribution is -0.0200. The summed E-state index contributed by atoms with van der Waals surface area (Å²) in [6.07, 6.45) is 0. The minimum atomic E-state index is -1.16. The standard InChI is InChI=1S/C9H10N2O2/c1-11-9(10)7-5-3-2-4-6(7)8(12)13-9/h2-5,11H,10H2,1H3. The summed E-state index contributed by atoms with van der Waals surface area (Å²) in [5.41, 5.74) is 7.02. The molecule has 1 aliphatic heterocycles. The number of rotatable bonds is 1. The smallest absolute Gasteiger partial charge is 0.341 e. The molecule has 1 heterocycles. The first-order valence-electron chi connectivity index (χ1n) is 3.98. The number of nitrogens with two attached hydrogens (primary N) is 1. The van der Waals surface area contributed by atoms with Gasteiger partial charge < -0.3 is 4.74 Å². The predicted molar refractivity (Wildman–Crippen MR) is 46.8 cm³/mol. The van der Waals surface area contributed by atoms with Crippen molar-refractivity contribution in [1.29, 1.82) is 0 Å². The molecule has 0 bridgehead atoms. The highest BCUT2D eigenvalue weighted by atomic mass is 16.6. The van der Waals surface area contributed by atoms with E-state index in [0.29, 0.717) is 11.1 Å². The van der Waals surface area contributed by atoms with Gasteiger partial charge in [-0.15, -0.1) is 0 Å². The maximum absolute atomic E-state index is 11.3. The Hall–Kier alpha value is -1.39. The van der Waals surface area contributed by atoms with Crippen molar-refractivity contribution < 1.29 is 9.53 Å². The van der Waals surface area contributed by atoms with Gasteiger partial charge in [-0.1, -0.05) is 18.2 Å². The molecule has 4 heteroatoms. The summed E-state index contributed by atoms with van der Waals surface area (Å²) in [5.74, 6) is -1.54. The average molecular weight is 178 g/mol. The number of hydrogen-bond donors (Lipinski definition) is 2. The molecule has 1 aromatic carbocycles. The number of carbonyl (C=O) groups excluding carboxylic acids is 1. The lowest BCUT2D eigenvalue weighted by atomic mass is 10.1. The molecule has 0 saturated heterocycles. The molecule has 0 saturated carbocycles. The maximum Gasteiger partial charge on any atom is 0.341 e. The first kappa shape index (κ1) is 8.22. The fourth-order valence-electron chi connectivity index (χ4n) is 1.43. The topological polar surface area (TPSA) is 64.3 Å². The van der Waals surface area contributed by atoms with Crippen LogP contribution in [0.2, 0.25) is 0 Å². The molecule has 1 aliphatic rings. The van der Waals surface area contributed by atoms with Gasteiger partial charge in [0.25, 0.3) is 0 Å². The molecule has 68 valence electrons. The van der Waals surface area contributed by atoms with Gasteiger partial charge in [0, 0.05) is 5.56 Å². The van der Waals surface area contributed by atoms with Crippen LogP contribution in [0.15, 0.2) is 24.3 Å². The number of cyclic esters (lactones) is 1.